The van der Waals surface area contributed by atoms with E-state index in [9.17, 15) is 4.79 Å². The molecule has 0 bridgehead atoms. The molecule has 134 valence electrons. The van der Waals surface area contributed by atoms with Crippen LogP contribution >= 0.6 is 11.6 Å². The van der Waals surface area contributed by atoms with Gasteiger partial charge < -0.3 is 4.90 Å². The Morgan fingerprint density at radius 2 is 1.93 bits per heavy atom. The summed E-state index contributed by atoms with van der Waals surface area (Å²) in [6.45, 7) is 1.47. The molecule has 0 amide bonds. The van der Waals surface area contributed by atoms with Gasteiger partial charge in [0.2, 0.25) is 0 Å². The zero-order valence-electron chi connectivity index (χ0n) is 14.7. The number of hydrogen-bond acceptors (Lipinski definition) is 3. The Bertz CT molecular complexity index is 1150. The summed E-state index contributed by atoms with van der Waals surface area (Å²) in [5.41, 5.74) is 2.46. The maximum atomic E-state index is 13.0. The minimum Gasteiger partial charge on any atom is -0.353 e. The van der Waals surface area contributed by atoms with Crippen molar-refractivity contribution in [3.63, 3.8) is 0 Å². The number of para-hydroxylation sites is 1. The van der Waals surface area contributed by atoms with E-state index in [2.05, 4.69) is 34.0 Å². The van der Waals surface area contributed by atoms with Crippen LogP contribution in [0, 0.1) is 18.3 Å². The van der Waals surface area contributed by atoms with Crippen LogP contribution < -0.4 is 10.6 Å². The summed E-state index contributed by atoms with van der Waals surface area (Å²) in [6, 6.07) is 13.8. The van der Waals surface area contributed by atoms with Crippen molar-refractivity contribution in [2.45, 2.75) is 18.8 Å². The molecule has 27 heavy (non-hydrogen) atoms. The van der Waals surface area contributed by atoms with Crippen molar-refractivity contribution >= 4 is 28.3 Å². The number of fused-ring (bicyclic) bond motifs is 1. The van der Waals surface area contributed by atoms with Crippen LogP contribution in [0.3, 0.4) is 0 Å². The first-order valence-corrected chi connectivity index (χ1v) is 9.56. The van der Waals surface area contributed by atoms with E-state index >= 15 is 0 Å². The molecular formula is C22H18ClN3O. The van der Waals surface area contributed by atoms with Crippen LogP contribution in [0.2, 0.25) is 5.02 Å². The van der Waals surface area contributed by atoms with Gasteiger partial charge in [0, 0.05) is 18.5 Å². The summed E-state index contributed by atoms with van der Waals surface area (Å²) in [5, 5.41) is 1.48. The standard InChI is InChI=1S/C22H18ClN3O/c1-2-14-12-25(13-14)21-17-10-9-16(15-7-8-15)11-20(17)26(22(27)24-21)19-6-4-3-5-18(19)23/h1,3-6,9-11,14-15H,7-8,12-13H2. The SMILES string of the molecule is C#CC1CN(c2nc(=O)n(-c3ccccc3Cl)c3cc(C4CC4)ccc23)C1. The number of benzene rings is 2. The Hall–Kier alpha value is -2.77. The molecule has 1 aliphatic carbocycles. The molecule has 1 saturated carbocycles. The predicted molar refractivity (Wildman–Crippen MR) is 109 cm³/mol. The van der Waals surface area contributed by atoms with Crippen molar-refractivity contribution in [3.8, 4) is 18.0 Å². The smallest absolute Gasteiger partial charge is 0.353 e. The lowest BCUT2D eigenvalue weighted by molar-refractivity contribution is 0.505. The number of rotatable bonds is 3. The molecule has 3 aromatic rings. The van der Waals surface area contributed by atoms with Crippen LogP contribution in [0.4, 0.5) is 5.82 Å². The Morgan fingerprint density at radius 1 is 1.15 bits per heavy atom. The second-order valence-corrected chi connectivity index (χ2v) is 7.73. The number of terminal acetylenes is 1. The highest BCUT2D eigenvalue weighted by molar-refractivity contribution is 6.32. The van der Waals surface area contributed by atoms with E-state index in [1.165, 1.54) is 18.4 Å². The van der Waals surface area contributed by atoms with E-state index in [-0.39, 0.29) is 11.6 Å². The molecule has 0 N–H and O–H groups in total. The summed E-state index contributed by atoms with van der Waals surface area (Å²) in [7, 11) is 0. The fourth-order valence-electron chi connectivity index (χ4n) is 3.76. The fraction of sp³-hybridized carbons (Fsp3) is 0.273. The molecule has 0 unspecified atom stereocenters. The number of aromatic nitrogens is 2. The van der Waals surface area contributed by atoms with Gasteiger partial charge in [0.05, 0.1) is 22.1 Å². The fourth-order valence-corrected chi connectivity index (χ4v) is 3.98. The Morgan fingerprint density at radius 3 is 2.63 bits per heavy atom. The van der Waals surface area contributed by atoms with Gasteiger partial charge in [-0.05, 0) is 48.6 Å². The first-order chi connectivity index (χ1) is 13.2. The van der Waals surface area contributed by atoms with Crippen molar-refractivity contribution in [1.29, 1.82) is 0 Å². The van der Waals surface area contributed by atoms with Gasteiger partial charge in [-0.3, -0.25) is 4.57 Å². The van der Waals surface area contributed by atoms with Crippen LogP contribution in [0.5, 0.6) is 0 Å². The third kappa shape index (κ3) is 2.70. The first-order valence-electron chi connectivity index (χ1n) is 9.18. The number of anilines is 1. The second kappa shape index (κ2) is 6.14. The van der Waals surface area contributed by atoms with Crippen LogP contribution in [0.25, 0.3) is 16.6 Å². The molecule has 1 aliphatic heterocycles. The number of nitrogens with zero attached hydrogens (tertiary/aromatic N) is 3. The van der Waals surface area contributed by atoms with Gasteiger partial charge in [0.1, 0.15) is 5.82 Å². The Balaban J connectivity index is 1.76. The van der Waals surface area contributed by atoms with Gasteiger partial charge in [0.15, 0.2) is 0 Å². The molecule has 0 atom stereocenters. The minimum absolute atomic E-state index is 0.221. The summed E-state index contributed by atoms with van der Waals surface area (Å²) in [5.74, 6) is 4.30. The molecule has 2 aromatic carbocycles. The summed E-state index contributed by atoms with van der Waals surface area (Å²) >= 11 is 6.40. The van der Waals surface area contributed by atoms with Gasteiger partial charge >= 0.3 is 5.69 Å². The third-order valence-electron chi connectivity index (χ3n) is 5.46. The van der Waals surface area contributed by atoms with Crippen molar-refractivity contribution in [3.05, 3.63) is 63.5 Å². The predicted octanol–water partition coefficient (Wildman–Crippen LogP) is 3.99. The maximum Gasteiger partial charge on any atom is 0.354 e. The van der Waals surface area contributed by atoms with E-state index in [1.807, 2.05) is 18.2 Å². The molecule has 5 heteroatoms. The molecule has 2 aliphatic rings. The van der Waals surface area contributed by atoms with E-state index in [0.29, 0.717) is 22.4 Å². The average molecular weight is 376 g/mol. The van der Waals surface area contributed by atoms with E-state index in [4.69, 9.17) is 18.0 Å². The summed E-state index contributed by atoms with van der Waals surface area (Å²) in [6.07, 6.45) is 7.92. The highest BCUT2D eigenvalue weighted by Gasteiger charge is 2.30. The van der Waals surface area contributed by atoms with Crippen molar-refractivity contribution in [1.82, 2.24) is 9.55 Å². The molecular weight excluding hydrogens is 358 g/mol. The number of hydrogen-bond donors (Lipinski definition) is 0. The normalized spacial score (nSPS) is 17.0. The lowest BCUT2D eigenvalue weighted by Crippen LogP contribution is -2.47. The van der Waals surface area contributed by atoms with Gasteiger partial charge in [-0.15, -0.1) is 6.42 Å². The summed E-state index contributed by atoms with van der Waals surface area (Å²) in [4.78, 5) is 19.5. The quantitative estimate of drug-likeness (QED) is 0.650. The minimum atomic E-state index is -0.317. The molecule has 2 heterocycles. The van der Waals surface area contributed by atoms with E-state index < -0.39 is 0 Å². The van der Waals surface area contributed by atoms with Crippen LogP contribution in [0.15, 0.2) is 47.3 Å². The topological polar surface area (TPSA) is 38.1 Å². The zero-order chi connectivity index (χ0) is 18.5. The first kappa shape index (κ1) is 16.4. The Kier molecular flexibility index (Phi) is 3.73. The van der Waals surface area contributed by atoms with Crippen LogP contribution in [-0.2, 0) is 0 Å². The molecule has 0 radical (unpaired) electrons. The van der Waals surface area contributed by atoms with E-state index in [1.54, 1.807) is 10.6 Å². The third-order valence-corrected chi connectivity index (χ3v) is 5.77. The zero-order valence-corrected chi connectivity index (χ0v) is 15.5. The lowest BCUT2D eigenvalue weighted by Gasteiger charge is -2.38. The van der Waals surface area contributed by atoms with Gasteiger partial charge in [0.25, 0.3) is 0 Å². The molecule has 4 nitrogen and oxygen atoms in total. The highest BCUT2D eigenvalue weighted by atomic mass is 35.5. The van der Waals surface area contributed by atoms with Crippen LogP contribution in [0.1, 0.15) is 24.3 Å². The second-order valence-electron chi connectivity index (χ2n) is 7.32. The van der Waals surface area contributed by atoms with Gasteiger partial charge in [-0.1, -0.05) is 35.7 Å². The summed E-state index contributed by atoms with van der Waals surface area (Å²) < 4.78 is 1.63. The maximum absolute atomic E-state index is 13.0. The van der Waals surface area contributed by atoms with Gasteiger partial charge in [-0.2, -0.15) is 4.98 Å². The van der Waals surface area contributed by atoms with Crippen molar-refractivity contribution < 1.29 is 0 Å². The monoisotopic (exact) mass is 375 g/mol. The molecule has 0 spiro atoms. The molecule has 1 aromatic heterocycles. The average Bonchev–Trinajstić information content (AvgIpc) is 3.47. The van der Waals surface area contributed by atoms with Gasteiger partial charge in [-0.25, -0.2) is 4.79 Å². The molecule has 1 saturated heterocycles. The Labute approximate surface area is 162 Å². The highest BCUT2D eigenvalue weighted by Crippen LogP contribution is 2.42. The van der Waals surface area contributed by atoms with Crippen molar-refractivity contribution in [2.75, 3.05) is 18.0 Å². The number of halogens is 1. The van der Waals surface area contributed by atoms with Crippen molar-refractivity contribution in [2.24, 2.45) is 5.92 Å². The van der Waals surface area contributed by atoms with Crippen LogP contribution in [-0.4, -0.2) is 22.6 Å². The van der Waals surface area contributed by atoms with E-state index in [0.717, 1.165) is 24.0 Å². The largest absolute Gasteiger partial charge is 0.354 e. The molecule has 2 fully saturated rings. The lowest BCUT2D eigenvalue weighted by atomic mass is 10.00. The molecule has 5 rings (SSSR count).